The Morgan fingerprint density at radius 1 is 1.36 bits per heavy atom. The maximum atomic E-state index is 12.3. The summed E-state index contributed by atoms with van der Waals surface area (Å²) in [5, 5.41) is 10.1. The molecule has 0 fully saturated rings. The molecule has 0 unspecified atom stereocenters. The third kappa shape index (κ3) is 7.15. The molecule has 1 rings (SSSR count). The Hall–Kier alpha value is -1.42. The third-order valence-corrected chi connectivity index (χ3v) is 5.29. The maximum absolute atomic E-state index is 12.3. The zero-order valence-electron chi connectivity index (χ0n) is 16.4. The van der Waals surface area contributed by atoms with E-state index in [1.807, 2.05) is 6.92 Å². The molecule has 0 saturated carbocycles. The van der Waals surface area contributed by atoms with Crippen molar-refractivity contribution >= 4 is 11.8 Å². The maximum Gasteiger partial charge on any atom is 0.331 e. The van der Waals surface area contributed by atoms with Gasteiger partial charge in [-0.05, 0) is 50.0 Å². The lowest BCUT2D eigenvalue weighted by molar-refractivity contribution is -0.145. The van der Waals surface area contributed by atoms with E-state index in [9.17, 15) is 14.7 Å². The van der Waals surface area contributed by atoms with Crippen molar-refractivity contribution in [1.82, 2.24) is 0 Å². The predicted molar refractivity (Wildman–Crippen MR) is 100 cm³/mol. The van der Waals surface area contributed by atoms with Crippen molar-refractivity contribution in [3.8, 4) is 0 Å². The van der Waals surface area contributed by atoms with Crippen LogP contribution in [-0.2, 0) is 14.3 Å². The first-order valence-corrected chi connectivity index (χ1v) is 9.41. The molecular weight excluding hydrogens is 316 g/mol. The Labute approximate surface area is 152 Å². The molecule has 5 atom stereocenters. The highest BCUT2D eigenvalue weighted by Crippen LogP contribution is 2.27. The lowest BCUT2D eigenvalue weighted by atomic mass is 9.85. The quantitative estimate of drug-likeness (QED) is 0.609. The van der Waals surface area contributed by atoms with Crippen LogP contribution >= 0.6 is 0 Å². The number of ketones is 1. The van der Waals surface area contributed by atoms with Crippen LogP contribution in [0.25, 0.3) is 0 Å². The minimum Gasteiger partial charge on any atom is -0.459 e. The van der Waals surface area contributed by atoms with Gasteiger partial charge in [-0.25, -0.2) is 4.79 Å². The van der Waals surface area contributed by atoms with E-state index in [-0.39, 0.29) is 36.1 Å². The number of ether oxygens (including phenoxy) is 1. The summed E-state index contributed by atoms with van der Waals surface area (Å²) in [6.07, 6.45) is 3.38. The summed E-state index contributed by atoms with van der Waals surface area (Å²) in [5.74, 6) is 0.0452. The standard InChI is InChI=1S/C21H34O4/c1-7-14(3)15(4)10-18-9-13(2)8-16(5)19(22)12-20(23)17(6)11-21(24)25-18/h11,13,15-16,18,20,23H,3,7-10,12H2,1-2,4-6H3/b17-11+/t13-,15-,16+,18+,20+/m1/s1. The van der Waals surface area contributed by atoms with Crippen LogP contribution in [0.2, 0.25) is 0 Å². The Bertz CT molecular complexity index is 520. The molecule has 0 saturated heterocycles. The Balaban J connectivity index is 2.98. The number of allylic oxidation sites excluding steroid dienone is 1. The number of carbonyl (C=O) groups excluding carboxylic acids is 2. The van der Waals surface area contributed by atoms with Crippen molar-refractivity contribution in [3.63, 3.8) is 0 Å². The van der Waals surface area contributed by atoms with Crippen LogP contribution < -0.4 is 0 Å². The van der Waals surface area contributed by atoms with Gasteiger partial charge in [-0.2, -0.15) is 0 Å². The van der Waals surface area contributed by atoms with Gasteiger partial charge in [0.2, 0.25) is 0 Å². The summed E-state index contributed by atoms with van der Waals surface area (Å²) in [7, 11) is 0. The molecule has 0 amide bonds. The molecule has 142 valence electrons. The molecule has 0 aromatic heterocycles. The summed E-state index contributed by atoms with van der Waals surface area (Å²) in [6.45, 7) is 13.9. The third-order valence-electron chi connectivity index (χ3n) is 5.29. The summed E-state index contributed by atoms with van der Waals surface area (Å²) >= 11 is 0. The van der Waals surface area contributed by atoms with E-state index in [0.29, 0.717) is 5.57 Å². The van der Waals surface area contributed by atoms with Gasteiger partial charge in [0.25, 0.3) is 0 Å². The van der Waals surface area contributed by atoms with Crippen molar-refractivity contribution in [2.75, 3.05) is 0 Å². The minimum absolute atomic E-state index is 0.0466. The lowest BCUT2D eigenvalue weighted by Crippen LogP contribution is -2.27. The number of hydrogen-bond donors (Lipinski definition) is 1. The van der Waals surface area contributed by atoms with Crippen LogP contribution in [-0.4, -0.2) is 29.1 Å². The van der Waals surface area contributed by atoms with Crippen LogP contribution in [0.15, 0.2) is 23.8 Å². The van der Waals surface area contributed by atoms with Crippen LogP contribution in [0.4, 0.5) is 0 Å². The van der Waals surface area contributed by atoms with E-state index in [1.54, 1.807) is 6.92 Å². The van der Waals surface area contributed by atoms with Crippen LogP contribution in [0.5, 0.6) is 0 Å². The summed E-state index contributed by atoms with van der Waals surface area (Å²) in [6, 6.07) is 0. The van der Waals surface area contributed by atoms with Gasteiger partial charge in [-0.1, -0.05) is 39.8 Å². The molecule has 1 heterocycles. The van der Waals surface area contributed by atoms with Gasteiger partial charge in [-0.15, -0.1) is 0 Å². The lowest BCUT2D eigenvalue weighted by Gasteiger charge is -2.27. The first-order valence-electron chi connectivity index (χ1n) is 9.41. The van der Waals surface area contributed by atoms with Gasteiger partial charge in [0, 0.05) is 18.4 Å². The largest absolute Gasteiger partial charge is 0.459 e. The smallest absolute Gasteiger partial charge is 0.331 e. The molecule has 1 aliphatic heterocycles. The molecular formula is C21H34O4. The van der Waals surface area contributed by atoms with Crippen molar-refractivity contribution in [3.05, 3.63) is 23.8 Å². The molecule has 4 heteroatoms. The van der Waals surface area contributed by atoms with E-state index in [4.69, 9.17) is 4.74 Å². The summed E-state index contributed by atoms with van der Waals surface area (Å²) < 4.78 is 5.69. The Morgan fingerprint density at radius 2 is 2.00 bits per heavy atom. The molecule has 1 N–H and O–H groups in total. The fourth-order valence-electron chi connectivity index (χ4n) is 3.42. The van der Waals surface area contributed by atoms with Crippen molar-refractivity contribution in [2.45, 2.75) is 78.9 Å². The first kappa shape index (κ1) is 21.6. The average Bonchev–Trinajstić information content (AvgIpc) is 2.52. The number of rotatable bonds is 4. The van der Waals surface area contributed by atoms with Gasteiger partial charge >= 0.3 is 5.97 Å². The normalized spacial score (nSPS) is 32.6. The molecule has 0 aromatic carbocycles. The average molecular weight is 350 g/mol. The van der Waals surface area contributed by atoms with Gasteiger partial charge in [0.1, 0.15) is 11.9 Å². The number of Topliss-reactive ketones (excluding diaryl/α,β-unsaturated/α-hetero) is 1. The van der Waals surface area contributed by atoms with Crippen LogP contribution in [0, 0.1) is 17.8 Å². The van der Waals surface area contributed by atoms with E-state index >= 15 is 0 Å². The minimum atomic E-state index is -0.922. The number of aliphatic hydroxyl groups excluding tert-OH is 1. The number of aliphatic hydroxyl groups is 1. The molecule has 0 spiro atoms. The van der Waals surface area contributed by atoms with E-state index in [1.165, 1.54) is 6.08 Å². The Kier molecular flexibility index (Phi) is 8.57. The van der Waals surface area contributed by atoms with Gasteiger partial charge < -0.3 is 9.84 Å². The SMILES string of the molecule is C=C(CC)[C@H](C)C[C@@H]1C[C@H](C)C[C@H](C)C(=O)C[C@H](O)/C(C)=C/C(=O)O1. The monoisotopic (exact) mass is 350 g/mol. The number of cyclic esters (lactones) is 1. The van der Waals surface area contributed by atoms with E-state index in [2.05, 4.69) is 27.4 Å². The zero-order valence-corrected chi connectivity index (χ0v) is 16.4. The summed E-state index contributed by atoms with van der Waals surface area (Å²) in [5.41, 5.74) is 1.63. The highest BCUT2D eigenvalue weighted by atomic mass is 16.5. The summed E-state index contributed by atoms with van der Waals surface area (Å²) in [4.78, 5) is 24.5. The topological polar surface area (TPSA) is 63.6 Å². The Morgan fingerprint density at radius 3 is 2.60 bits per heavy atom. The molecule has 4 nitrogen and oxygen atoms in total. The highest BCUT2D eigenvalue weighted by Gasteiger charge is 2.26. The number of hydrogen-bond acceptors (Lipinski definition) is 4. The van der Waals surface area contributed by atoms with Crippen LogP contribution in [0.1, 0.15) is 66.7 Å². The van der Waals surface area contributed by atoms with Crippen LogP contribution in [0.3, 0.4) is 0 Å². The van der Waals surface area contributed by atoms with Gasteiger partial charge in [0.15, 0.2) is 0 Å². The fourth-order valence-corrected chi connectivity index (χ4v) is 3.42. The molecule has 25 heavy (non-hydrogen) atoms. The van der Waals surface area contributed by atoms with Gasteiger partial charge in [-0.3, -0.25) is 4.79 Å². The first-order chi connectivity index (χ1) is 11.6. The number of esters is 1. The second-order valence-electron chi connectivity index (χ2n) is 7.76. The fraction of sp³-hybridized carbons (Fsp3) is 0.714. The molecule has 0 aromatic rings. The molecule has 0 radical (unpaired) electrons. The second-order valence-corrected chi connectivity index (χ2v) is 7.76. The van der Waals surface area contributed by atoms with Gasteiger partial charge in [0.05, 0.1) is 6.10 Å². The van der Waals surface area contributed by atoms with Crippen molar-refractivity contribution in [2.24, 2.45) is 17.8 Å². The highest BCUT2D eigenvalue weighted by molar-refractivity contribution is 5.84. The zero-order chi connectivity index (χ0) is 19.1. The second kappa shape index (κ2) is 9.91. The van der Waals surface area contributed by atoms with E-state index < -0.39 is 12.1 Å². The predicted octanol–water partition coefficient (Wildman–Crippen LogP) is 4.22. The van der Waals surface area contributed by atoms with E-state index in [0.717, 1.165) is 31.3 Å². The van der Waals surface area contributed by atoms with Crippen molar-refractivity contribution in [1.29, 1.82) is 0 Å². The molecule has 0 aliphatic carbocycles. The van der Waals surface area contributed by atoms with Crippen molar-refractivity contribution < 1.29 is 19.4 Å². The molecule has 1 aliphatic rings. The molecule has 0 bridgehead atoms. The number of carbonyl (C=O) groups is 2.